The molecule has 19 heavy (non-hydrogen) atoms. The van der Waals surface area contributed by atoms with Crippen molar-refractivity contribution in [1.82, 2.24) is 0 Å². The van der Waals surface area contributed by atoms with E-state index in [2.05, 4.69) is 34.9 Å². The first-order valence-electron chi connectivity index (χ1n) is 8.91. The van der Waals surface area contributed by atoms with Gasteiger partial charge in [-0.25, -0.2) is 0 Å². The van der Waals surface area contributed by atoms with Crippen LogP contribution in [0.4, 0.5) is 0 Å². The Morgan fingerprint density at radius 3 is 1.68 bits per heavy atom. The Morgan fingerprint density at radius 1 is 0.684 bits per heavy atom. The van der Waals surface area contributed by atoms with E-state index in [0.29, 0.717) is 0 Å². The third kappa shape index (κ3) is 9.49. The summed E-state index contributed by atoms with van der Waals surface area (Å²) in [6.45, 7) is 8.33. The number of quaternary nitrogens is 1. The van der Waals surface area contributed by atoms with Crippen molar-refractivity contribution in [3.63, 3.8) is 0 Å². The van der Waals surface area contributed by atoms with Crippen molar-refractivity contribution in [2.45, 2.75) is 97.4 Å². The quantitative estimate of drug-likeness (QED) is 0.294. The predicted molar refractivity (Wildman–Crippen MR) is 88.6 cm³/mol. The number of hydrogen-bond donors (Lipinski definition) is 0. The summed E-state index contributed by atoms with van der Waals surface area (Å²) in [5.41, 5.74) is 0. The summed E-state index contributed by atoms with van der Waals surface area (Å²) in [4.78, 5) is 0. The largest absolute Gasteiger partial charge is 0.326 e. The summed E-state index contributed by atoms with van der Waals surface area (Å²) in [7, 11) is 4.87. The first-order valence-corrected chi connectivity index (χ1v) is 8.91. The molecule has 0 N–H and O–H groups in total. The summed E-state index contributed by atoms with van der Waals surface area (Å²) < 4.78 is 1.24. The van der Waals surface area contributed by atoms with Crippen molar-refractivity contribution < 1.29 is 4.48 Å². The van der Waals surface area contributed by atoms with Gasteiger partial charge in [0.05, 0.1) is 26.7 Å². The maximum absolute atomic E-state index is 2.44. The molecule has 1 nitrogen and oxygen atoms in total. The van der Waals surface area contributed by atoms with Crippen LogP contribution >= 0.6 is 0 Å². The van der Waals surface area contributed by atoms with Crippen LogP contribution in [-0.2, 0) is 0 Å². The molecular weight excluding hydrogens is 230 g/mol. The fourth-order valence-corrected chi connectivity index (χ4v) is 3.22. The van der Waals surface area contributed by atoms with Gasteiger partial charge in [-0.3, -0.25) is 0 Å². The standard InChI is InChI=1S/C18H40N/c1-6-9-10-11-12-13-14-15-17-19(4,5)18(8-3)16-7-2/h18H,6-17H2,1-5H3/q+1. The van der Waals surface area contributed by atoms with Crippen molar-refractivity contribution in [2.75, 3.05) is 20.6 Å². The smallest absolute Gasteiger partial charge is 0.0883 e. The molecule has 0 aliphatic carbocycles. The number of hydrogen-bond acceptors (Lipinski definition) is 0. The SMILES string of the molecule is CCCCCCCCCC[N+](C)(C)C(CC)CCC. The zero-order chi connectivity index (χ0) is 14.6. The maximum Gasteiger partial charge on any atom is 0.0883 e. The molecule has 0 aromatic heterocycles. The highest BCUT2D eigenvalue weighted by atomic mass is 15.3. The minimum absolute atomic E-state index is 0.870. The van der Waals surface area contributed by atoms with E-state index in [1.807, 2.05) is 0 Å². The van der Waals surface area contributed by atoms with Gasteiger partial charge in [0.2, 0.25) is 0 Å². The van der Waals surface area contributed by atoms with E-state index in [-0.39, 0.29) is 0 Å². The molecule has 0 bridgehead atoms. The minimum Gasteiger partial charge on any atom is -0.326 e. The van der Waals surface area contributed by atoms with Gasteiger partial charge < -0.3 is 4.48 Å². The fourth-order valence-electron chi connectivity index (χ4n) is 3.22. The molecule has 0 aromatic rings. The van der Waals surface area contributed by atoms with E-state index in [9.17, 15) is 0 Å². The lowest BCUT2D eigenvalue weighted by atomic mass is 10.0. The lowest BCUT2D eigenvalue weighted by Gasteiger charge is -2.38. The minimum atomic E-state index is 0.870. The van der Waals surface area contributed by atoms with Crippen LogP contribution in [0, 0.1) is 0 Å². The van der Waals surface area contributed by atoms with Crippen molar-refractivity contribution >= 4 is 0 Å². The highest BCUT2D eigenvalue weighted by Gasteiger charge is 2.24. The van der Waals surface area contributed by atoms with Gasteiger partial charge in [-0.05, 0) is 25.7 Å². The predicted octanol–water partition coefficient (Wildman–Crippen LogP) is 5.78. The van der Waals surface area contributed by atoms with Gasteiger partial charge in [-0.1, -0.05) is 65.7 Å². The molecule has 0 radical (unpaired) electrons. The van der Waals surface area contributed by atoms with Gasteiger partial charge in [-0.15, -0.1) is 0 Å². The fraction of sp³-hybridized carbons (Fsp3) is 1.00. The summed E-state index contributed by atoms with van der Waals surface area (Å²) in [6.07, 6.45) is 15.5. The molecule has 1 heteroatoms. The second-order valence-electron chi connectivity index (χ2n) is 6.83. The topological polar surface area (TPSA) is 0 Å². The third-order valence-electron chi connectivity index (χ3n) is 4.67. The molecule has 1 atom stereocenters. The molecule has 0 saturated carbocycles. The van der Waals surface area contributed by atoms with E-state index in [1.54, 1.807) is 0 Å². The summed E-state index contributed by atoms with van der Waals surface area (Å²) in [5.74, 6) is 0. The van der Waals surface area contributed by atoms with Gasteiger partial charge in [0.1, 0.15) is 0 Å². The molecular formula is C18H40N+. The molecule has 0 aliphatic heterocycles. The Hall–Kier alpha value is -0.0400. The van der Waals surface area contributed by atoms with E-state index in [0.717, 1.165) is 6.04 Å². The Balaban J connectivity index is 3.62. The average molecular weight is 271 g/mol. The molecule has 0 aliphatic rings. The summed E-state index contributed by atoms with van der Waals surface area (Å²) in [6, 6.07) is 0.870. The van der Waals surface area contributed by atoms with E-state index >= 15 is 0 Å². The van der Waals surface area contributed by atoms with Crippen LogP contribution in [-0.4, -0.2) is 31.2 Å². The Kier molecular flexibility index (Phi) is 11.7. The number of rotatable bonds is 13. The van der Waals surface area contributed by atoms with Gasteiger partial charge in [0.15, 0.2) is 0 Å². The highest BCUT2D eigenvalue weighted by Crippen LogP contribution is 2.18. The Morgan fingerprint density at radius 2 is 1.21 bits per heavy atom. The van der Waals surface area contributed by atoms with Crippen LogP contribution in [0.25, 0.3) is 0 Å². The first-order chi connectivity index (χ1) is 9.08. The zero-order valence-electron chi connectivity index (χ0n) is 14.5. The lowest BCUT2D eigenvalue weighted by molar-refractivity contribution is -0.915. The van der Waals surface area contributed by atoms with Crippen LogP contribution in [0.3, 0.4) is 0 Å². The zero-order valence-corrected chi connectivity index (χ0v) is 14.5. The van der Waals surface area contributed by atoms with Crippen LogP contribution in [0.2, 0.25) is 0 Å². The second kappa shape index (κ2) is 11.8. The van der Waals surface area contributed by atoms with Crippen molar-refractivity contribution in [2.24, 2.45) is 0 Å². The van der Waals surface area contributed by atoms with Crippen LogP contribution < -0.4 is 0 Å². The highest BCUT2D eigenvalue weighted by molar-refractivity contribution is 4.56. The summed E-state index contributed by atoms with van der Waals surface area (Å²) in [5, 5.41) is 0. The molecule has 0 fully saturated rings. The van der Waals surface area contributed by atoms with E-state index < -0.39 is 0 Å². The molecule has 116 valence electrons. The van der Waals surface area contributed by atoms with Crippen LogP contribution in [0.5, 0.6) is 0 Å². The molecule has 0 rings (SSSR count). The monoisotopic (exact) mass is 270 g/mol. The molecule has 0 saturated heterocycles. The Bertz CT molecular complexity index is 186. The molecule has 0 spiro atoms. The van der Waals surface area contributed by atoms with Crippen molar-refractivity contribution in [1.29, 1.82) is 0 Å². The van der Waals surface area contributed by atoms with Crippen molar-refractivity contribution in [3.05, 3.63) is 0 Å². The van der Waals surface area contributed by atoms with Crippen molar-refractivity contribution in [3.8, 4) is 0 Å². The van der Waals surface area contributed by atoms with Gasteiger partial charge in [0.25, 0.3) is 0 Å². The Labute approximate surface area is 123 Å². The molecule has 0 heterocycles. The van der Waals surface area contributed by atoms with E-state index in [4.69, 9.17) is 0 Å². The second-order valence-corrected chi connectivity index (χ2v) is 6.83. The van der Waals surface area contributed by atoms with Crippen LogP contribution in [0.1, 0.15) is 91.4 Å². The molecule has 0 amide bonds. The van der Waals surface area contributed by atoms with Gasteiger partial charge >= 0.3 is 0 Å². The average Bonchev–Trinajstić information content (AvgIpc) is 2.38. The third-order valence-corrected chi connectivity index (χ3v) is 4.67. The number of nitrogens with zero attached hydrogens (tertiary/aromatic N) is 1. The number of unbranched alkanes of at least 4 members (excludes halogenated alkanes) is 7. The van der Waals surface area contributed by atoms with E-state index in [1.165, 1.54) is 81.7 Å². The molecule has 1 unspecified atom stereocenters. The van der Waals surface area contributed by atoms with Gasteiger partial charge in [0, 0.05) is 0 Å². The lowest BCUT2D eigenvalue weighted by Crippen LogP contribution is -2.49. The first kappa shape index (κ1) is 19.0. The maximum atomic E-state index is 2.44. The molecule has 0 aromatic carbocycles. The summed E-state index contributed by atoms with van der Waals surface area (Å²) >= 11 is 0. The van der Waals surface area contributed by atoms with Gasteiger partial charge in [-0.2, -0.15) is 0 Å². The normalized spacial score (nSPS) is 13.7. The van der Waals surface area contributed by atoms with Crippen LogP contribution in [0.15, 0.2) is 0 Å².